The molecule has 5 nitrogen and oxygen atoms in total. The Bertz CT molecular complexity index is 1490. The van der Waals surface area contributed by atoms with Gasteiger partial charge in [-0.3, -0.25) is 0 Å². The molecule has 3 atom stereocenters. The molecule has 3 aromatic carbocycles. The summed E-state index contributed by atoms with van der Waals surface area (Å²) in [6.45, 7) is 10.6. The van der Waals surface area contributed by atoms with Gasteiger partial charge in [0.25, 0.3) is 0 Å². The van der Waals surface area contributed by atoms with Gasteiger partial charge in [0.1, 0.15) is 0 Å². The van der Waals surface area contributed by atoms with Crippen molar-refractivity contribution in [3.8, 4) is 0 Å². The van der Waals surface area contributed by atoms with Gasteiger partial charge >= 0.3 is 5.97 Å². The van der Waals surface area contributed by atoms with E-state index in [-0.39, 0.29) is 23.3 Å². The highest BCUT2D eigenvalue weighted by Crippen LogP contribution is 2.60. The Balaban J connectivity index is 1.66. The summed E-state index contributed by atoms with van der Waals surface area (Å²) in [7, 11) is -3.75. The molecule has 1 heterocycles. The fraction of sp³-hybridized carbons (Fsp3) is 0.364. The molecule has 0 amide bonds. The van der Waals surface area contributed by atoms with E-state index in [0.29, 0.717) is 29.8 Å². The molecule has 6 heteroatoms. The Morgan fingerprint density at radius 2 is 1.54 bits per heavy atom. The van der Waals surface area contributed by atoms with Crippen molar-refractivity contribution >= 4 is 16.0 Å². The van der Waals surface area contributed by atoms with Crippen molar-refractivity contribution in [2.75, 3.05) is 6.54 Å². The smallest absolute Gasteiger partial charge is 0.339 e. The minimum atomic E-state index is -3.75. The van der Waals surface area contributed by atoms with Crippen LogP contribution < -0.4 is 0 Å². The number of nitrogens with zero attached hydrogens (tertiary/aromatic N) is 1. The summed E-state index contributed by atoms with van der Waals surface area (Å²) >= 11 is 0. The molecule has 2 aliphatic rings. The largest absolute Gasteiger partial charge is 0.446 e. The minimum absolute atomic E-state index is 0.0393. The first kappa shape index (κ1) is 27.4. The third-order valence-electron chi connectivity index (χ3n) is 8.09. The maximum absolute atomic E-state index is 14.1. The number of hydrogen-bond acceptors (Lipinski definition) is 4. The number of fused-ring (bicyclic) bond motifs is 1. The lowest BCUT2D eigenvalue weighted by molar-refractivity contribution is -0.0591. The van der Waals surface area contributed by atoms with Gasteiger partial charge in [0.15, 0.2) is 5.60 Å². The molecule has 3 aromatic rings. The number of aryl methyl sites for hydroxylation is 1. The van der Waals surface area contributed by atoms with E-state index in [1.54, 1.807) is 28.6 Å². The molecule has 0 unspecified atom stereocenters. The molecule has 0 saturated heterocycles. The molecule has 1 aliphatic heterocycles. The molecule has 5 rings (SSSR count). The van der Waals surface area contributed by atoms with Crippen LogP contribution in [0.25, 0.3) is 0 Å². The predicted octanol–water partition coefficient (Wildman–Crippen LogP) is 6.89. The van der Waals surface area contributed by atoms with Gasteiger partial charge in [-0.15, -0.1) is 0 Å². The Morgan fingerprint density at radius 1 is 0.949 bits per heavy atom. The summed E-state index contributed by atoms with van der Waals surface area (Å²) in [5.74, 6) is -0.412. The molecular formula is C33H37NO4S. The van der Waals surface area contributed by atoms with Gasteiger partial charge in [-0.25, -0.2) is 13.2 Å². The predicted molar refractivity (Wildman–Crippen MR) is 154 cm³/mol. The van der Waals surface area contributed by atoms with E-state index < -0.39 is 15.6 Å². The summed E-state index contributed by atoms with van der Waals surface area (Å²) in [6, 6.07) is 25.7. The molecule has 0 aromatic heterocycles. The van der Waals surface area contributed by atoms with Gasteiger partial charge in [-0.1, -0.05) is 93.9 Å². The molecule has 204 valence electrons. The minimum Gasteiger partial charge on any atom is -0.446 e. The Kier molecular flexibility index (Phi) is 7.06. The first-order valence-corrected chi connectivity index (χ1v) is 15.1. The fourth-order valence-corrected chi connectivity index (χ4v) is 8.28. The summed E-state index contributed by atoms with van der Waals surface area (Å²) in [4.78, 5) is 13.8. The number of ether oxygens (including phenoxy) is 1. The molecular weight excluding hydrogens is 506 g/mol. The zero-order valence-electron chi connectivity index (χ0n) is 23.3. The maximum atomic E-state index is 14.1. The molecule has 0 bridgehead atoms. The van der Waals surface area contributed by atoms with Gasteiger partial charge in [-0.05, 0) is 59.7 Å². The highest BCUT2D eigenvalue weighted by molar-refractivity contribution is 7.89. The number of rotatable bonds is 6. The van der Waals surface area contributed by atoms with Crippen molar-refractivity contribution in [2.24, 2.45) is 11.3 Å². The second-order valence-electron chi connectivity index (χ2n) is 11.8. The third-order valence-corrected chi connectivity index (χ3v) is 9.93. The zero-order valence-corrected chi connectivity index (χ0v) is 24.2. The van der Waals surface area contributed by atoms with Crippen LogP contribution in [-0.2, 0) is 20.4 Å². The van der Waals surface area contributed by atoms with E-state index in [0.717, 1.165) is 22.3 Å². The number of carbonyl (C=O) groups is 1. The monoisotopic (exact) mass is 543 g/mol. The van der Waals surface area contributed by atoms with E-state index in [4.69, 9.17) is 4.74 Å². The number of esters is 1. The lowest BCUT2D eigenvalue weighted by Crippen LogP contribution is -2.61. The average molecular weight is 544 g/mol. The van der Waals surface area contributed by atoms with Crippen molar-refractivity contribution in [1.29, 1.82) is 0 Å². The Hall–Kier alpha value is -3.22. The average Bonchev–Trinajstić information content (AvgIpc) is 2.91. The van der Waals surface area contributed by atoms with Gasteiger partial charge in [-0.2, -0.15) is 4.31 Å². The van der Waals surface area contributed by atoms with E-state index in [1.807, 2.05) is 67.6 Å². The molecule has 0 spiro atoms. The van der Waals surface area contributed by atoms with E-state index >= 15 is 0 Å². The molecule has 0 radical (unpaired) electrons. The van der Waals surface area contributed by atoms with Crippen molar-refractivity contribution in [1.82, 2.24) is 4.31 Å². The van der Waals surface area contributed by atoms with Crippen LogP contribution in [0.1, 0.15) is 62.0 Å². The van der Waals surface area contributed by atoms with Crippen LogP contribution in [0.15, 0.2) is 101 Å². The van der Waals surface area contributed by atoms with E-state index in [9.17, 15) is 13.2 Å². The van der Waals surface area contributed by atoms with E-state index in [1.165, 1.54) is 0 Å². The normalized spacial score (nSPS) is 23.6. The molecule has 1 aliphatic carbocycles. The van der Waals surface area contributed by atoms with Crippen LogP contribution in [-0.4, -0.2) is 31.3 Å². The quantitative estimate of drug-likeness (QED) is 0.251. The summed E-state index contributed by atoms with van der Waals surface area (Å²) in [5, 5.41) is 0. The van der Waals surface area contributed by atoms with Crippen LogP contribution in [0.4, 0.5) is 0 Å². The summed E-state index contributed by atoms with van der Waals surface area (Å²) in [6.07, 6.45) is 1.19. The highest BCUT2D eigenvalue weighted by atomic mass is 32.2. The number of carbonyl (C=O) groups excluding carboxylic acids is 1. The van der Waals surface area contributed by atoms with Gasteiger partial charge in [0.2, 0.25) is 10.0 Å². The summed E-state index contributed by atoms with van der Waals surface area (Å²) < 4.78 is 36.4. The van der Waals surface area contributed by atoms with Crippen LogP contribution in [0.2, 0.25) is 0 Å². The fourth-order valence-electron chi connectivity index (χ4n) is 6.43. The van der Waals surface area contributed by atoms with Crippen LogP contribution in [0, 0.1) is 18.3 Å². The lowest BCUT2D eigenvalue weighted by atomic mass is 9.57. The number of hydrogen-bond donors (Lipinski definition) is 0. The number of benzene rings is 3. The van der Waals surface area contributed by atoms with Crippen molar-refractivity contribution < 1.29 is 17.9 Å². The SMILES string of the molecule is CCC1=C2[C@H](CN(S(=O)(=O)c3ccc(C)cc3)[C@H]1C(C)(C)C)C[C@@]2(OC(=O)c1ccccc1)c1ccccc1. The first-order valence-electron chi connectivity index (χ1n) is 13.6. The second kappa shape index (κ2) is 10.1. The van der Waals surface area contributed by atoms with E-state index in [2.05, 4.69) is 27.7 Å². The molecule has 1 saturated carbocycles. The second-order valence-corrected chi connectivity index (χ2v) is 13.7. The standard InChI is InChI=1S/C33H37NO4S/c1-6-28-29-25(22-34(30(28)32(3,4)5)39(36,37)27-19-17-23(2)18-20-27)21-33(29,26-15-11-8-12-16-26)38-31(35)24-13-9-7-10-14-24/h7-20,25,30H,6,21-22H2,1-5H3/t25-,30+,33+/m0/s1. The molecule has 0 N–H and O–H groups in total. The first-order chi connectivity index (χ1) is 18.5. The third kappa shape index (κ3) is 4.74. The molecule has 39 heavy (non-hydrogen) atoms. The van der Waals surface area contributed by atoms with Gasteiger partial charge < -0.3 is 4.74 Å². The highest BCUT2D eigenvalue weighted by Gasteiger charge is 2.60. The number of sulfonamides is 1. The Labute approximate surface area is 232 Å². The van der Waals surface area contributed by atoms with Crippen molar-refractivity contribution in [2.45, 2.75) is 64.0 Å². The van der Waals surface area contributed by atoms with Gasteiger partial charge in [0.05, 0.1) is 16.5 Å². The Morgan fingerprint density at radius 3 is 2.10 bits per heavy atom. The van der Waals surface area contributed by atoms with Crippen LogP contribution >= 0.6 is 0 Å². The van der Waals surface area contributed by atoms with Crippen molar-refractivity contribution in [3.05, 3.63) is 113 Å². The zero-order chi connectivity index (χ0) is 28.0. The van der Waals surface area contributed by atoms with Crippen LogP contribution in [0.3, 0.4) is 0 Å². The maximum Gasteiger partial charge on any atom is 0.339 e. The van der Waals surface area contributed by atoms with Gasteiger partial charge in [0, 0.05) is 18.9 Å². The summed E-state index contributed by atoms with van der Waals surface area (Å²) in [5.41, 5.74) is 3.25. The topological polar surface area (TPSA) is 63.7 Å². The van der Waals surface area contributed by atoms with Crippen molar-refractivity contribution in [3.63, 3.8) is 0 Å². The van der Waals surface area contributed by atoms with Crippen LogP contribution in [0.5, 0.6) is 0 Å². The lowest BCUT2D eigenvalue weighted by Gasteiger charge is -2.58. The molecule has 1 fully saturated rings.